The van der Waals surface area contributed by atoms with Crippen LogP contribution in [0.5, 0.6) is 11.5 Å². The van der Waals surface area contributed by atoms with E-state index in [-0.39, 0.29) is 35.0 Å². The van der Waals surface area contributed by atoms with Crippen molar-refractivity contribution in [3.8, 4) is 11.5 Å². The second-order valence-electron chi connectivity index (χ2n) is 8.05. The number of nitrogens with one attached hydrogen (secondary N) is 1. The molecule has 7 nitrogen and oxygen atoms in total. The second-order valence-corrected chi connectivity index (χ2v) is 8.46. The predicted molar refractivity (Wildman–Crippen MR) is 114 cm³/mol. The number of dihydropyridines is 1. The Balaban J connectivity index is 1.76. The highest BCUT2D eigenvalue weighted by molar-refractivity contribution is 6.32. The van der Waals surface area contributed by atoms with E-state index in [0.29, 0.717) is 35.4 Å². The molecule has 0 spiro atoms. The third-order valence-electron chi connectivity index (χ3n) is 6.02. The fourth-order valence-corrected chi connectivity index (χ4v) is 4.74. The van der Waals surface area contributed by atoms with Crippen LogP contribution in [-0.2, 0) is 19.1 Å². The number of carbonyl (C=O) groups is 2. The molecule has 31 heavy (non-hydrogen) atoms. The minimum atomic E-state index is -0.659. The van der Waals surface area contributed by atoms with Crippen LogP contribution in [0.2, 0.25) is 5.02 Å². The summed E-state index contributed by atoms with van der Waals surface area (Å²) in [4.78, 5) is 26.2. The van der Waals surface area contributed by atoms with Gasteiger partial charge in [-0.05, 0) is 50.3 Å². The summed E-state index contributed by atoms with van der Waals surface area (Å²) in [5, 5.41) is 13.5. The third-order valence-corrected chi connectivity index (χ3v) is 6.31. The van der Waals surface area contributed by atoms with E-state index >= 15 is 0 Å². The molecule has 1 saturated heterocycles. The molecule has 1 aliphatic carbocycles. The van der Waals surface area contributed by atoms with Crippen LogP contribution >= 0.6 is 11.6 Å². The van der Waals surface area contributed by atoms with Crippen LogP contribution in [0, 0.1) is 0 Å². The summed E-state index contributed by atoms with van der Waals surface area (Å²) in [6.07, 6.45) is 3.58. The molecule has 4 rings (SSSR count). The number of carbonyl (C=O) groups excluding carboxylic acids is 2. The smallest absolute Gasteiger partial charge is 0.336 e. The average molecular weight is 448 g/mol. The van der Waals surface area contributed by atoms with Crippen molar-refractivity contribution in [2.75, 3.05) is 20.3 Å². The number of esters is 1. The highest BCUT2D eigenvalue weighted by Crippen LogP contribution is 2.46. The summed E-state index contributed by atoms with van der Waals surface area (Å²) < 4.78 is 16.4. The van der Waals surface area contributed by atoms with Gasteiger partial charge in [0.2, 0.25) is 0 Å². The Hall–Kier alpha value is -2.51. The molecule has 3 aliphatic rings. The van der Waals surface area contributed by atoms with Crippen LogP contribution in [0.25, 0.3) is 0 Å². The summed E-state index contributed by atoms with van der Waals surface area (Å²) >= 11 is 6.24. The summed E-state index contributed by atoms with van der Waals surface area (Å²) in [7, 11) is 1.42. The molecular weight excluding hydrogens is 422 g/mol. The first-order valence-corrected chi connectivity index (χ1v) is 10.9. The largest absolute Gasteiger partial charge is 0.503 e. The number of ketones is 1. The summed E-state index contributed by atoms with van der Waals surface area (Å²) in [6.45, 7) is 2.64. The van der Waals surface area contributed by atoms with Crippen LogP contribution in [0.15, 0.2) is 34.7 Å². The Morgan fingerprint density at radius 1 is 1.32 bits per heavy atom. The average Bonchev–Trinajstić information content (AvgIpc) is 3.27. The van der Waals surface area contributed by atoms with Crippen molar-refractivity contribution in [1.82, 2.24) is 5.32 Å². The van der Waals surface area contributed by atoms with E-state index in [1.807, 2.05) is 0 Å². The molecule has 1 aromatic rings. The molecule has 1 aromatic carbocycles. The lowest BCUT2D eigenvalue weighted by Gasteiger charge is -2.34. The minimum absolute atomic E-state index is 0.0150. The maximum atomic E-state index is 13.2. The van der Waals surface area contributed by atoms with Gasteiger partial charge in [-0.25, -0.2) is 4.79 Å². The quantitative estimate of drug-likeness (QED) is 0.664. The molecule has 0 amide bonds. The number of benzene rings is 1. The number of rotatable bonds is 5. The van der Waals surface area contributed by atoms with Gasteiger partial charge in [0, 0.05) is 35.9 Å². The van der Waals surface area contributed by atoms with Crippen molar-refractivity contribution in [2.24, 2.45) is 0 Å². The summed E-state index contributed by atoms with van der Waals surface area (Å²) in [5.41, 5.74) is 2.95. The third kappa shape index (κ3) is 4.16. The lowest BCUT2D eigenvalue weighted by molar-refractivity contribution is -0.142. The molecule has 166 valence electrons. The number of hydrogen-bond acceptors (Lipinski definition) is 7. The highest BCUT2D eigenvalue weighted by Gasteiger charge is 2.40. The van der Waals surface area contributed by atoms with Gasteiger partial charge in [0.25, 0.3) is 0 Å². The number of phenolic OH excluding ortho intramolecular Hbond substituents is 1. The minimum Gasteiger partial charge on any atom is -0.503 e. The first-order valence-electron chi connectivity index (χ1n) is 10.5. The van der Waals surface area contributed by atoms with Gasteiger partial charge in [-0.15, -0.1) is 0 Å². The van der Waals surface area contributed by atoms with Crippen LogP contribution in [0.4, 0.5) is 0 Å². The number of halogens is 1. The summed E-state index contributed by atoms with van der Waals surface area (Å²) in [6, 6.07) is 3.19. The predicted octanol–water partition coefficient (Wildman–Crippen LogP) is 3.74. The summed E-state index contributed by atoms with van der Waals surface area (Å²) in [5.74, 6) is -1.18. The SMILES string of the molecule is COc1cc([C@H]2C(C(=O)OC[C@@H]3CCCO3)=C(C)NC3=C2C(=O)CCC3)cc(Cl)c1O. The van der Waals surface area contributed by atoms with E-state index in [9.17, 15) is 14.7 Å². The molecule has 2 heterocycles. The van der Waals surface area contributed by atoms with E-state index in [0.717, 1.165) is 31.4 Å². The Morgan fingerprint density at radius 2 is 2.13 bits per heavy atom. The van der Waals surface area contributed by atoms with Crippen molar-refractivity contribution >= 4 is 23.4 Å². The van der Waals surface area contributed by atoms with Crippen molar-refractivity contribution in [2.45, 2.75) is 51.0 Å². The van der Waals surface area contributed by atoms with Gasteiger partial charge in [0.05, 0.1) is 23.8 Å². The molecule has 0 aromatic heterocycles. The second kappa shape index (κ2) is 8.93. The van der Waals surface area contributed by atoms with Crippen molar-refractivity contribution in [3.05, 3.63) is 45.3 Å². The molecule has 0 unspecified atom stereocenters. The van der Waals surface area contributed by atoms with Crippen LogP contribution < -0.4 is 10.1 Å². The first kappa shape index (κ1) is 21.7. The van der Waals surface area contributed by atoms with Crippen LogP contribution in [0.3, 0.4) is 0 Å². The van der Waals surface area contributed by atoms with Crippen LogP contribution in [-0.4, -0.2) is 43.3 Å². The fraction of sp³-hybridized carbons (Fsp3) is 0.478. The van der Waals surface area contributed by atoms with E-state index in [4.69, 9.17) is 25.8 Å². The molecule has 8 heteroatoms. The van der Waals surface area contributed by atoms with Gasteiger partial charge >= 0.3 is 5.97 Å². The number of methoxy groups -OCH3 is 1. The molecule has 2 atom stereocenters. The van der Waals surface area contributed by atoms with Gasteiger partial charge in [0.1, 0.15) is 6.61 Å². The highest BCUT2D eigenvalue weighted by atomic mass is 35.5. The molecule has 2 aliphatic heterocycles. The van der Waals surface area contributed by atoms with Gasteiger partial charge in [0.15, 0.2) is 17.3 Å². The number of ether oxygens (including phenoxy) is 3. The van der Waals surface area contributed by atoms with E-state index in [1.54, 1.807) is 19.1 Å². The molecule has 0 radical (unpaired) electrons. The lowest BCUT2D eigenvalue weighted by atomic mass is 9.75. The zero-order valence-electron chi connectivity index (χ0n) is 17.6. The topological polar surface area (TPSA) is 94.1 Å². The zero-order chi connectivity index (χ0) is 22.1. The Kier molecular flexibility index (Phi) is 6.25. The lowest BCUT2D eigenvalue weighted by Crippen LogP contribution is -2.35. The van der Waals surface area contributed by atoms with Gasteiger partial charge in [-0.3, -0.25) is 4.79 Å². The van der Waals surface area contributed by atoms with Gasteiger partial charge < -0.3 is 24.6 Å². The van der Waals surface area contributed by atoms with E-state index in [1.165, 1.54) is 7.11 Å². The normalized spacial score (nSPS) is 23.5. The van der Waals surface area contributed by atoms with Gasteiger partial charge in [-0.2, -0.15) is 0 Å². The Bertz CT molecular complexity index is 977. The maximum absolute atomic E-state index is 13.2. The number of Topliss-reactive ketones (excluding diaryl/α,β-unsaturated/α-hetero) is 1. The van der Waals surface area contributed by atoms with E-state index < -0.39 is 11.9 Å². The van der Waals surface area contributed by atoms with Crippen molar-refractivity contribution in [3.63, 3.8) is 0 Å². The molecular formula is C23H26ClNO6. The number of hydrogen-bond donors (Lipinski definition) is 2. The monoisotopic (exact) mass is 447 g/mol. The number of aromatic hydroxyl groups is 1. The van der Waals surface area contributed by atoms with Crippen molar-refractivity contribution in [1.29, 1.82) is 0 Å². The molecule has 0 bridgehead atoms. The van der Waals surface area contributed by atoms with Gasteiger partial charge in [-0.1, -0.05) is 11.6 Å². The fourth-order valence-electron chi connectivity index (χ4n) is 4.53. The standard InChI is InChI=1S/C23H26ClNO6/c1-12-19(23(28)31-11-14-5-4-8-30-14)20(21-16(25-12)6-3-7-17(21)26)13-9-15(24)22(27)18(10-13)29-2/h9-10,14,20,25,27H,3-8,11H2,1-2H3/t14-,20-/m0/s1. The Morgan fingerprint density at radius 3 is 2.84 bits per heavy atom. The van der Waals surface area contributed by atoms with E-state index in [2.05, 4.69) is 5.32 Å². The number of allylic oxidation sites excluding steroid dienone is 3. The zero-order valence-corrected chi connectivity index (χ0v) is 18.4. The van der Waals surface area contributed by atoms with Crippen molar-refractivity contribution < 1.29 is 28.9 Å². The van der Waals surface area contributed by atoms with Crippen LogP contribution in [0.1, 0.15) is 50.5 Å². The molecule has 0 saturated carbocycles. The molecule has 2 N–H and O–H groups in total. The first-order chi connectivity index (χ1) is 14.9. The number of phenols is 1. The Labute approximate surface area is 186 Å². The maximum Gasteiger partial charge on any atom is 0.336 e. The molecule has 1 fully saturated rings.